The highest BCUT2D eigenvalue weighted by Gasteiger charge is 2.31. The zero-order chi connectivity index (χ0) is 13.9. The minimum Gasteiger partial charge on any atom is -0.353 e. The lowest BCUT2D eigenvalue weighted by atomic mass is 10.0. The van der Waals surface area contributed by atoms with Crippen molar-refractivity contribution in [1.82, 2.24) is 10.2 Å². The van der Waals surface area contributed by atoms with E-state index in [1.807, 2.05) is 6.07 Å². The van der Waals surface area contributed by atoms with Crippen LogP contribution in [-0.4, -0.2) is 29.9 Å². The fraction of sp³-hybridized carbons (Fsp3) is 0.562. The molecule has 1 saturated heterocycles. The summed E-state index contributed by atoms with van der Waals surface area (Å²) in [7, 11) is 0. The van der Waals surface area contributed by atoms with E-state index in [2.05, 4.69) is 10.2 Å². The van der Waals surface area contributed by atoms with E-state index in [1.165, 1.54) is 6.07 Å². The summed E-state index contributed by atoms with van der Waals surface area (Å²) >= 11 is 0. The van der Waals surface area contributed by atoms with E-state index in [9.17, 15) is 9.18 Å². The highest BCUT2D eigenvalue weighted by molar-refractivity contribution is 5.81. The van der Waals surface area contributed by atoms with Gasteiger partial charge in [-0.1, -0.05) is 12.1 Å². The van der Waals surface area contributed by atoms with Gasteiger partial charge in [0.25, 0.3) is 0 Å². The summed E-state index contributed by atoms with van der Waals surface area (Å²) in [5.41, 5.74) is 1.02. The molecule has 2 fully saturated rings. The predicted molar refractivity (Wildman–Crippen MR) is 75.6 cm³/mol. The molecule has 2 aliphatic rings. The summed E-state index contributed by atoms with van der Waals surface area (Å²) in [6.07, 6.45) is 4.11. The number of halogens is 1. The number of hydrogen-bond donors (Lipinski definition) is 1. The van der Waals surface area contributed by atoms with Gasteiger partial charge in [0.2, 0.25) is 5.91 Å². The maximum Gasteiger partial charge on any atom is 0.223 e. The van der Waals surface area contributed by atoms with E-state index in [1.54, 1.807) is 12.1 Å². The molecule has 3 rings (SSSR count). The topological polar surface area (TPSA) is 32.3 Å². The molecule has 1 amide bonds. The molecule has 4 heteroatoms. The van der Waals surface area contributed by atoms with Crippen LogP contribution in [0.3, 0.4) is 0 Å². The molecule has 0 bridgehead atoms. The maximum atomic E-state index is 13.1. The number of hydrogen-bond acceptors (Lipinski definition) is 2. The lowest BCUT2D eigenvalue weighted by Crippen LogP contribution is -2.44. The summed E-state index contributed by atoms with van der Waals surface area (Å²) in [4.78, 5) is 14.0. The van der Waals surface area contributed by atoms with E-state index in [4.69, 9.17) is 0 Å². The summed E-state index contributed by atoms with van der Waals surface area (Å²) < 4.78 is 13.1. The molecule has 0 atom stereocenters. The fourth-order valence-electron chi connectivity index (χ4n) is 2.79. The lowest BCUT2D eigenvalue weighted by molar-refractivity contribution is -0.123. The second-order valence-electron chi connectivity index (χ2n) is 5.96. The Kier molecular flexibility index (Phi) is 4.01. The van der Waals surface area contributed by atoms with Gasteiger partial charge in [0.1, 0.15) is 5.82 Å². The molecule has 1 aliphatic carbocycles. The monoisotopic (exact) mass is 276 g/mol. The lowest BCUT2D eigenvalue weighted by Gasteiger charge is -2.32. The van der Waals surface area contributed by atoms with Gasteiger partial charge < -0.3 is 5.32 Å². The van der Waals surface area contributed by atoms with Gasteiger partial charge in [-0.3, -0.25) is 9.69 Å². The van der Waals surface area contributed by atoms with Crippen molar-refractivity contribution in [3.63, 3.8) is 0 Å². The normalized spacial score (nSPS) is 20.9. The largest absolute Gasteiger partial charge is 0.353 e. The van der Waals surface area contributed by atoms with Crippen molar-refractivity contribution in [2.45, 2.75) is 38.3 Å². The summed E-state index contributed by atoms with van der Waals surface area (Å²) in [5.74, 6) is 0.364. The van der Waals surface area contributed by atoms with Crippen molar-refractivity contribution < 1.29 is 9.18 Å². The number of piperidine rings is 1. The Balaban J connectivity index is 1.45. The molecule has 1 N–H and O–H groups in total. The van der Waals surface area contributed by atoms with Crippen molar-refractivity contribution in [2.75, 3.05) is 13.1 Å². The fourth-order valence-corrected chi connectivity index (χ4v) is 2.79. The Morgan fingerprint density at radius 3 is 2.65 bits per heavy atom. The standard InChI is InChI=1S/C16H21FN2O/c17-14-3-1-2-12(10-14)11-19-8-6-15(7-9-19)18-16(20)13-4-5-13/h1-3,10,13,15H,4-9,11H2,(H,18,20). The molecule has 1 aromatic rings. The van der Waals surface area contributed by atoms with Gasteiger partial charge in [0.15, 0.2) is 0 Å². The van der Waals surface area contributed by atoms with Crippen molar-refractivity contribution >= 4 is 5.91 Å². The average Bonchev–Trinajstić information content (AvgIpc) is 3.25. The van der Waals surface area contributed by atoms with Gasteiger partial charge in [-0.15, -0.1) is 0 Å². The Bertz CT molecular complexity index is 479. The summed E-state index contributed by atoms with van der Waals surface area (Å²) in [6.45, 7) is 2.72. The predicted octanol–water partition coefficient (Wildman–Crippen LogP) is 2.32. The number of carbonyl (C=O) groups is 1. The highest BCUT2D eigenvalue weighted by Crippen LogP contribution is 2.29. The molecule has 20 heavy (non-hydrogen) atoms. The first kappa shape index (κ1) is 13.6. The van der Waals surface area contributed by atoms with Crippen LogP contribution in [0.5, 0.6) is 0 Å². The quantitative estimate of drug-likeness (QED) is 0.915. The minimum absolute atomic E-state index is 0.172. The van der Waals surface area contributed by atoms with Crippen molar-refractivity contribution in [3.05, 3.63) is 35.6 Å². The number of benzene rings is 1. The van der Waals surface area contributed by atoms with Crippen LogP contribution >= 0.6 is 0 Å². The summed E-state index contributed by atoms with van der Waals surface area (Å²) in [5, 5.41) is 3.15. The molecule has 1 heterocycles. The number of amides is 1. The van der Waals surface area contributed by atoms with E-state index < -0.39 is 0 Å². The number of carbonyl (C=O) groups excluding carboxylic acids is 1. The molecule has 0 radical (unpaired) electrons. The Morgan fingerprint density at radius 1 is 1.25 bits per heavy atom. The van der Waals surface area contributed by atoms with Gasteiger partial charge in [0, 0.05) is 31.6 Å². The van der Waals surface area contributed by atoms with Gasteiger partial charge in [-0.25, -0.2) is 4.39 Å². The molecule has 1 aliphatic heterocycles. The van der Waals surface area contributed by atoms with Gasteiger partial charge in [0.05, 0.1) is 0 Å². The first-order chi connectivity index (χ1) is 9.70. The Hall–Kier alpha value is -1.42. The van der Waals surface area contributed by atoms with Crippen LogP contribution in [0.2, 0.25) is 0 Å². The van der Waals surface area contributed by atoms with Crippen molar-refractivity contribution in [2.24, 2.45) is 5.92 Å². The smallest absolute Gasteiger partial charge is 0.223 e. The zero-order valence-electron chi connectivity index (χ0n) is 11.6. The van der Waals surface area contributed by atoms with Crippen LogP contribution in [0.25, 0.3) is 0 Å². The van der Waals surface area contributed by atoms with Crippen LogP contribution < -0.4 is 5.32 Å². The summed E-state index contributed by atoms with van der Waals surface area (Å²) in [6, 6.07) is 7.12. The number of nitrogens with zero attached hydrogens (tertiary/aromatic N) is 1. The molecule has 1 saturated carbocycles. The van der Waals surface area contributed by atoms with E-state index >= 15 is 0 Å². The maximum absolute atomic E-state index is 13.1. The van der Waals surface area contributed by atoms with Crippen LogP contribution in [0.1, 0.15) is 31.2 Å². The zero-order valence-corrected chi connectivity index (χ0v) is 11.6. The van der Waals surface area contributed by atoms with Crippen molar-refractivity contribution in [3.8, 4) is 0 Å². The third-order valence-electron chi connectivity index (χ3n) is 4.18. The third kappa shape index (κ3) is 3.57. The molecule has 0 unspecified atom stereocenters. The molecular formula is C16H21FN2O. The van der Waals surface area contributed by atoms with Gasteiger partial charge in [-0.05, 0) is 43.4 Å². The Labute approximate surface area is 119 Å². The van der Waals surface area contributed by atoms with Crippen LogP contribution in [0.4, 0.5) is 4.39 Å². The van der Waals surface area contributed by atoms with E-state index in [-0.39, 0.29) is 11.7 Å². The molecule has 1 aromatic carbocycles. The second kappa shape index (κ2) is 5.92. The van der Waals surface area contributed by atoms with Crippen LogP contribution in [-0.2, 0) is 11.3 Å². The molecule has 0 aromatic heterocycles. The number of likely N-dealkylation sites (tertiary alicyclic amines) is 1. The molecule has 108 valence electrons. The van der Waals surface area contributed by atoms with Gasteiger partial charge >= 0.3 is 0 Å². The molecule has 3 nitrogen and oxygen atoms in total. The number of nitrogens with one attached hydrogen (secondary N) is 1. The SMILES string of the molecule is O=C(NC1CCN(Cc2cccc(F)c2)CC1)C1CC1. The van der Waals surface area contributed by atoms with Crippen LogP contribution in [0, 0.1) is 11.7 Å². The van der Waals surface area contributed by atoms with Gasteiger partial charge in [-0.2, -0.15) is 0 Å². The first-order valence-electron chi connectivity index (χ1n) is 7.48. The molecule has 0 spiro atoms. The first-order valence-corrected chi connectivity index (χ1v) is 7.48. The van der Waals surface area contributed by atoms with Crippen molar-refractivity contribution in [1.29, 1.82) is 0 Å². The number of rotatable bonds is 4. The van der Waals surface area contributed by atoms with E-state index in [0.29, 0.717) is 12.0 Å². The second-order valence-corrected chi connectivity index (χ2v) is 5.96. The Morgan fingerprint density at radius 2 is 2.00 bits per heavy atom. The van der Waals surface area contributed by atoms with Crippen LogP contribution in [0.15, 0.2) is 24.3 Å². The minimum atomic E-state index is -0.172. The molecular weight excluding hydrogens is 255 g/mol. The highest BCUT2D eigenvalue weighted by atomic mass is 19.1. The van der Waals surface area contributed by atoms with E-state index in [0.717, 1.165) is 50.9 Å². The average molecular weight is 276 g/mol. The third-order valence-corrected chi connectivity index (χ3v) is 4.18.